The summed E-state index contributed by atoms with van der Waals surface area (Å²) in [5.41, 5.74) is 2.21. The highest BCUT2D eigenvalue weighted by atomic mass is 16.5. The Hall–Kier alpha value is -3.04. The number of rotatable bonds is 5. The van der Waals surface area contributed by atoms with E-state index in [-0.39, 0.29) is 12.5 Å². The minimum Gasteiger partial charge on any atom is -0.482 e. The molecule has 2 aromatic rings. The molecule has 26 heavy (non-hydrogen) atoms. The van der Waals surface area contributed by atoms with Gasteiger partial charge in [0.25, 0.3) is 5.91 Å². The molecular formula is C20H22N4O2. The van der Waals surface area contributed by atoms with Crippen molar-refractivity contribution in [1.82, 2.24) is 4.90 Å². The van der Waals surface area contributed by atoms with Gasteiger partial charge in [0.1, 0.15) is 11.8 Å². The first-order valence-electron chi connectivity index (χ1n) is 8.61. The number of ether oxygens (including phenoxy) is 1. The topological polar surface area (TPSA) is 68.6 Å². The van der Waals surface area contributed by atoms with E-state index in [2.05, 4.69) is 28.2 Å². The maximum Gasteiger partial charge on any atom is 0.262 e. The molecule has 134 valence electrons. The van der Waals surface area contributed by atoms with Gasteiger partial charge in [-0.1, -0.05) is 24.3 Å². The van der Waals surface area contributed by atoms with E-state index in [0.29, 0.717) is 11.3 Å². The van der Waals surface area contributed by atoms with Crippen molar-refractivity contribution < 1.29 is 9.53 Å². The zero-order valence-corrected chi connectivity index (χ0v) is 14.8. The number of likely N-dealkylation sites (N-methyl/N-ethyl adjacent to an activating group) is 1. The quantitative estimate of drug-likeness (QED) is 0.896. The highest BCUT2D eigenvalue weighted by Crippen LogP contribution is 2.26. The second-order valence-corrected chi connectivity index (χ2v) is 6.25. The second kappa shape index (κ2) is 8.37. The molecule has 0 aliphatic carbocycles. The van der Waals surface area contributed by atoms with Gasteiger partial charge >= 0.3 is 0 Å². The Morgan fingerprint density at radius 3 is 2.58 bits per heavy atom. The third-order valence-electron chi connectivity index (χ3n) is 4.39. The minimum atomic E-state index is -0.251. The molecule has 6 nitrogen and oxygen atoms in total. The molecule has 6 heteroatoms. The monoisotopic (exact) mass is 350 g/mol. The molecule has 1 fully saturated rings. The molecule has 1 aliphatic rings. The lowest BCUT2D eigenvalue weighted by atomic mass is 10.2. The van der Waals surface area contributed by atoms with Crippen LogP contribution < -0.4 is 15.0 Å². The van der Waals surface area contributed by atoms with Gasteiger partial charge in [0, 0.05) is 26.2 Å². The molecule has 0 unspecified atom stereocenters. The number of anilines is 2. The highest BCUT2D eigenvalue weighted by Gasteiger charge is 2.17. The summed E-state index contributed by atoms with van der Waals surface area (Å²) in [7, 11) is 2.11. The Bertz CT molecular complexity index is 807. The predicted octanol–water partition coefficient (Wildman–Crippen LogP) is 2.33. The number of para-hydroxylation sites is 3. The summed E-state index contributed by atoms with van der Waals surface area (Å²) in [6, 6.07) is 16.7. The fourth-order valence-electron chi connectivity index (χ4n) is 2.92. The molecule has 1 N–H and O–H groups in total. The molecule has 0 saturated carbocycles. The van der Waals surface area contributed by atoms with Crippen LogP contribution in [-0.2, 0) is 4.79 Å². The van der Waals surface area contributed by atoms with Crippen LogP contribution >= 0.6 is 0 Å². The summed E-state index contributed by atoms with van der Waals surface area (Å²) in [5.74, 6) is 0.164. The maximum atomic E-state index is 12.3. The van der Waals surface area contributed by atoms with E-state index in [0.717, 1.165) is 37.6 Å². The molecule has 0 atom stereocenters. The van der Waals surface area contributed by atoms with Crippen LogP contribution in [0.4, 0.5) is 11.4 Å². The van der Waals surface area contributed by atoms with Crippen LogP contribution in [0.5, 0.6) is 5.75 Å². The van der Waals surface area contributed by atoms with Crippen molar-refractivity contribution in [2.24, 2.45) is 0 Å². The van der Waals surface area contributed by atoms with Gasteiger partial charge in [0.2, 0.25) is 0 Å². The standard InChI is InChI=1S/C20H22N4O2/c1-23-10-12-24(13-11-23)18-8-4-3-7-17(18)22-20(25)15-26-19-9-5-2-6-16(19)14-21/h2-9H,10-13,15H2,1H3,(H,22,25). The molecule has 0 bridgehead atoms. The van der Waals surface area contributed by atoms with Crippen molar-refractivity contribution in [1.29, 1.82) is 5.26 Å². The Balaban J connectivity index is 1.64. The largest absolute Gasteiger partial charge is 0.482 e. The van der Waals surface area contributed by atoms with Crippen LogP contribution in [0.1, 0.15) is 5.56 Å². The molecular weight excluding hydrogens is 328 g/mol. The lowest BCUT2D eigenvalue weighted by Gasteiger charge is -2.35. The number of hydrogen-bond donors (Lipinski definition) is 1. The summed E-state index contributed by atoms with van der Waals surface area (Å²) in [6.45, 7) is 3.70. The number of nitrogens with one attached hydrogen (secondary N) is 1. The van der Waals surface area contributed by atoms with Gasteiger partial charge in [-0.25, -0.2) is 0 Å². The number of nitrogens with zero attached hydrogens (tertiary/aromatic N) is 3. The van der Waals surface area contributed by atoms with E-state index in [1.807, 2.05) is 24.3 Å². The average molecular weight is 350 g/mol. The first kappa shape index (κ1) is 17.8. The van der Waals surface area contributed by atoms with Crippen LogP contribution in [0.15, 0.2) is 48.5 Å². The lowest BCUT2D eigenvalue weighted by molar-refractivity contribution is -0.118. The van der Waals surface area contributed by atoms with Crippen molar-refractivity contribution in [3.05, 3.63) is 54.1 Å². The van der Waals surface area contributed by atoms with E-state index in [1.165, 1.54) is 0 Å². The van der Waals surface area contributed by atoms with E-state index in [4.69, 9.17) is 10.00 Å². The van der Waals surface area contributed by atoms with Crippen LogP contribution in [-0.4, -0.2) is 50.6 Å². The first-order chi connectivity index (χ1) is 12.7. The van der Waals surface area contributed by atoms with Gasteiger partial charge in [-0.05, 0) is 31.3 Å². The molecule has 3 rings (SSSR count). The molecule has 0 radical (unpaired) electrons. The molecule has 1 aliphatic heterocycles. The molecule has 1 heterocycles. The minimum absolute atomic E-state index is 0.143. The van der Waals surface area contributed by atoms with Crippen LogP contribution in [0.3, 0.4) is 0 Å². The zero-order valence-electron chi connectivity index (χ0n) is 14.8. The van der Waals surface area contributed by atoms with Crippen molar-refractivity contribution in [3.63, 3.8) is 0 Å². The molecule has 1 amide bonds. The van der Waals surface area contributed by atoms with E-state index < -0.39 is 0 Å². The molecule has 0 aromatic heterocycles. The summed E-state index contributed by atoms with van der Waals surface area (Å²) in [5, 5.41) is 12.0. The Morgan fingerprint density at radius 2 is 1.81 bits per heavy atom. The number of piperazine rings is 1. The van der Waals surface area contributed by atoms with Gasteiger partial charge in [-0.3, -0.25) is 4.79 Å². The van der Waals surface area contributed by atoms with E-state index in [9.17, 15) is 4.79 Å². The summed E-state index contributed by atoms with van der Waals surface area (Å²) in [4.78, 5) is 16.9. The SMILES string of the molecule is CN1CCN(c2ccccc2NC(=O)COc2ccccc2C#N)CC1. The van der Waals surface area contributed by atoms with Gasteiger partial charge in [-0.15, -0.1) is 0 Å². The maximum absolute atomic E-state index is 12.3. The van der Waals surface area contributed by atoms with Gasteiger partial charge in [0.15, 0.2) is 6.61 Å². The van der Waals surface area contributed by atoms with Gasteiger partial charge in [0.05, 0.1) is 16.9 Å². The van der Waals surface area contributed by atoms with Crippen molar-refractivity contribution in [3.8, 4) is 11.8 Å². The van der Waals surface area contributed by atoms with Crippen molar-refractivity contribution >= 4 is 17.3 Å². The number of hydrogen-bond acceptors (Lipinski definition) is 5. The third kappa shape index (κ3) is 4.32. The molecule has 1 saturated heterocycles. The van der Waals surface area contributed by atoms with Crippen LogP contribution in [0.25, 0.3) is 0 Å². The number of carbonyl (C=O) groups is 1. The van der Waals surface area contributed by atoms with Crippen molar-refractivity contribution in [2.45, 2.75) is 0 Å². The number of nitriles is 1. The average Bonchev–Trinajstić information content (AvgIpc) is 2.68. The zero-order chi connectivity index (χ0) is 18.4. The Kier molecular flexibility index (Phi) is 5.72. The van der Waals surface area contributed by atoms with Gasteiger partial charge < -0.3 is 19.9 Å². The van der Waals surface area contributed by atoms with Gasteiger partial charge in [-0.2, -0.15) is 5.26 Å². The van der Waals surface area contributed by atoms with E-state index >= 15 is 0 Å². The smallest absolute Gasteiger partial charge is 0.262 e. The van der Waals surface area contributed by atoms with Crippen LogP contribution in [0.2, 0.25) is 0 Å². The number of amides is 1. The second-order valence-electron chi connectivity index (χ2n) is 6.25. The Labute approximate surface area is 153 Å². The summed E-state index contributed by atoms with van der Waals surface area (Å²) < 4.78 is 5.51. The number of benzene rings is 2. The van der Waals surface area contributed by atoms with Crippen molar-refractivity contribution in [2.75, 3.05) is 50.1 Å². The first-order valence-corrected chi connectivity index (χ1v) is 8.61. The summed E-state index contributed by atoms with van der Waals surface area (Å²) in [6.07, 6.45) is 0. The molecule has 0 spiro atoms. The summed E-state index contributed by atoms with van der Waals surface area (Å²) >= 11 is 0. The fourth-order valence-corrected chi connectivity index (χ4v) is 2.92. The normalized spacial score (nSPS) is 14.5. The molecule has 2 aromatic carbocycles. The number of carbonyl (C=O) groups excluding carboxylic acids is 1. The predicted molar refractivity (Wildman–Crippen MR) is 101 cm³/mol. The lowest BCUT2D eigenvalue weighted by Crippen LogP contribution is -2.44. The fraction of sp³-hybridized carbons (Fsp3) is 0.300. The third-order valence-corrected chi connectivity index (χ3v) is 4.39. The van der Waals surface area contributed by atoms with Crippen LogP contribution in [0, 0.1) is 11.3 Å². The van der Waals surface area contributed by atoms with E-state index in [1.54, 1.807) is 24.3 Å². The Morgan fingerprint density at radius 1 is 1.12 bits per heavy atom. The highest BCUT2D eigenvalue weighted by molar-refractivity contribution is 5.95.